The Labute approximate surface area is 137 Å². The van der Waals surface area contributed by atoms with E-state index in [4.69, 9.17) is 0 Å². The monoisotopic (exact) mass is 315 g/mol. The Morgan fingerprint density at radius 3 is 2.52 bits per heavy atom. The largest absolute Gasteiger partial charge is 0.481 e. The molecule has 4 nitrogen and oxygen atoms in total. The number of carbonyl (C=O) groups excluding carboxylic acids is 1. The maximum Gasteiger partial charge on any atom is 0.305 e. The van der Waals surface area contributed by atoms with Crippen LogP contribution in [0.2, 0.25) is 0 Å². The maximum absolute atomic E-state index is 12.7. The second kappa shape index (κ2) is 6.83. The van der Waals surface area contributed by atoms with Gasteiger partial charge in [0.2, 0.25) is 0 Å². The summed E-state index contributed by atoms with van der Waals surface area (Å²) in [5, 5.41) is 12.5. The normalized spacial score (nSPS) is 28.5. The van der Waals surface area contributed by atoms with Gasteiger partial charge in [-0.15, -0.1) is 0 Å². The van der Waals surface area contributed by atoms with Crippen molar-refractivity contribution in [3.8, 4) is 0 Å². The molecule has 0 amide bonds. The molecule has 5 atom stereocenters. The topological polar surface area (TPSA) is 66.4 Å². The van der Waals surface area contributed by atoms with Crippen LogP contribution in [-0.2, 0) is 4.79 Å². The molecule has 0 spiro atoms. The van der Waals surface area contributed by atoms with E-state index in [0.717, 1.165) is 11.8 Å². The second-order valence-corrected chi connectivity index (χ2v) is 7.17. The smallest absolute Gasteiger partial charge is 0.305 e. The van der Waals surface area contributed by atoms with E-state index in [9.17, 15) is 14.7 Å². The number of rotatable bonds is 7. The van der Waals surface area contributed by atoms with Crippen LogP contribution in [0.4, 0.5) is 0 Å². The number of ketones is 1. The van der Waals surface area contributed by atoms with Gasteiger partial charge < -0.3 is 10.4 Å². The molecule has 2 fully saturated rings. The third-order valence-electron chi connectivity index (χ3n) is 5.65. The Bertz CT molecular complexity index is 571. The SMILES string of the molecule is CC(NC(CC(=O)O)C(=O)c1ccccc1)C1CC2CCC1C2. The van der Waals surface area contributed by atoms with Crippen LogP contribution in [0.1, 0.15) is 49.4 Å². The summed E-state index contributed by atoms with van der Waals surface area (Å²) in [4.78, 5) is 23.8. The van der Waals surface area contributed by atoms with Gasteiger partial charge in [0, 0.05) is 11.6 Å². The molecule has 2 saturated carbocycles. The van der Waals surface area contributed by atoms with Crippen molar-refractivity contribution in [2.75, 3.05) is 0 Å². The van der Waals surface area contributed by atoms with Gasteiger partial charge in [-0.25, -0.2) is 0 Å². The molecule has 124 valence electrons. The number of carboxylic acids is 1. The first-order valence-electron chi connectivity index (χ1n) is 8.61. The molecule has 0 heterocycles. The van der Waals surface area contributed by atoms with Crippen LogP contribution in [0.3, 0.4) is 0 Å². The molecule has 5 unspecified atom stereocenters. The van der Waals surface area contributed by atoms with Crippen LogP contribution in [-0.4, -0.2) is 28.9 Å². The number of Topliss-reactive ketones (excluding diaryl/α,β-unsaturated/α-hetero) is 1. The number of aliphatic carboxylic acids is 1. The van der Waals surface area contributed by atoms with Crippen LogP contribution in [0.25, 0.3) is 0 Å². The Balaban J connectivity index is 1.69. The zero-order valence-electron chi connectivity index (χ0n) is 13.6. The Kier molecular flexibility index (Phi) is 4.81. The lowest BCUT2D eigenvalue weighted by molar-refractivity contribution is -0.137. The fourth-order valence-electron chi connectivity index (χ4n) is 4.55. The number of nitrogens with one attached hydrogen (secondary N) is 1. The predicted molar refractivity (Wildman–Crippen MR) is 88.3 cm³/mol. The van der Waals surface area contributed by atoms with Crippen LogP contribution >= 0.6 is 0 Å². The number of benzene rings is 1. The zero-order chi connectivity index (χ0) is 16.4. The standard InChI is InChI=1S/C19H25NO3/c1-12(16-10-13-7-8-15(16)9-13)20-17(11-18(21)22)19(23)14-5-3-2-4-6-14/h2-6,12-13,15-17,20H,7-11H2,1H3,(H,21,22). The van der Waals surface area contributed by atoms with Gasteiger partial charge in [0.05, 0.1) is 12.5 Å². The van der Waals surface area contributed by atoms with E-state index in [-0.39, 0.29) is 18.2 Å². The molecule has 3 rings (SSSR count). The zero-order valence-corrected chi connectivity index (χ0v) is 13.6. The lowest BCUT2D eigenvalue weighted by Crippen LogP contribution is -2.47. The maximum atomic E-state index is 12.7. The minimum absolute atomic E-state index is 0.122. The highest BCUT2D eigenvalue weighted by Gasteiger charge is 2.42. The summed E-state index contributed by atoms with van der Waals surface area (Å²) in [7, 11) is 0. The number of carbonyl (C=O) groups is 2. The average Bonchev–Trinajstić information content (AvgIpc) is 3.17. The van der Waals surface area contributed by atoms with Crippen molar-refractivity contribution in [1.82, 2.24) is 5.32 Å². The number of hydrogen-bond acceptors (Lipinski definition) is 3. The first kappa shape index (κ1) is 16.2. The van der Waals surface area contributed by atoms with Gasteiger partial charge in [-0.05, 0) is 43.9 Å². The van der Waals surface area contributed by atoms with Crippen molar-refractivity contribution in [2.24, 2.45) is 17.8 Å². The minimum Gasteiger partial charge on any atom is -0.481 e. The molecule has 0 radical (unpaired) electrons. The molecule has 0 aliphatic heterocycles. The highest BCUT2D eigenvalue weighted by atomic mass is 16.4. The van der Waals surface area contributed by atoms with Crippen molar-refractivity contribution in [1.29, 1.82) is 0 Å². The summed E-state index contributed by atoms with van der Waals surface area (Å²) < 4.78 is 0. The molecule has 0 saturated heterocycles. The van der Waals surface area contributed by atoms with E-state index in [2.05, 4.69) is 12.2 Å². The fraction of sp³-hybridized carbons (Fsp3) is 0.579. The lowest BCUT2D eigenvalue weighted by atomic mass is 9.83. The molecule has 1 aromatic carbocycles. The van der Waals surface area contributed by atoms with Gasteiger partial charge in [0.1, 0.15) is 0 Å². The first-order chi connectivity index (χ1) is 11.0. The van der Waals surface area contributed by atoms with Gasteiger partial charge in [-0.2, -0.15) is 0 Å². The number of carboxylic acid groups (broad SMARTS) is 1. The third kappa shape index (κ3) is 3.63. The summed E-state index contributed by atoms with van der Waals surface area (Å²) in [6.45, 7) is 2.11. The van der Waals surface area contributed by atoms with Crippen LogP contribution < -0.4 is 5.32 Å². The third-order valence-corrected chi connectivity index (χ3v) is 5.65. The van der Waals surface area contributed by atoms with Crippen molar-refractivity contribution in [3.63, 3.8) is 0 Å². The molecule has 4 heteroatoms. The molecular formula is C19H25NO3. The lowest BCUT2D eigenvalue weighted by Gasteiger charge is -2.31. The molecule has 2 aliphatic carbocycles. The van der Waals surface area contributed by atoms with E-state index < -0.39 is 12.0 Å². The predicted octanol–water partition coefficient (Wildman–Crippen LogP) is 3.13. The van der Waals surface area contributed by atoms with Gasteiger partial charge in [0.15, 0.2) is 5.78 Å². The van der Waals surface area contributed by atoms with Crippen molar-refractivity contribution in [2.45, 2.75) is 51.1 Å². The number of hydrogen-bond donors (Lipinski definition) is 2. The molecule has 0 aromatic heterocycles. The summed E-state index contributed by atoms with van der Waals surface area (Å²) >= 11 is 0. The Morgan fingerprint density at radius 2 is 1.96 bits per heavy atom. The van der Waals surface area contributed by atoms with E-state index >= 15 is 0 Å². The summed E-state index contributed by atoms with van der Waals surface area (Å²) in [6.07, 6.45) is 5.00. The van der Waals surface area contributed by atoms with Crippen LogP contribution in [0.15, 0.2) is 30.3 Å². The van der Waals surface area contributed by atoms with Crippen LogP contribution in [0, 0.1) is 17.8 Å². The molecule has 23 heavy (non-hydrogen) atoms. The highest BCUT2D eigenvalue weighted by molar-refractivity contribution is 6.01. The Morgan fingerprint density at radius 1 is 1.22 bits per heavy atom. The first-order valence-corrected chi connectivity index (χ1v) is 8.61. The second-order valence-electron chi connectivity index (χ2n) is 7.17. The van der Waals surface area contributed by atoms with E-state index in [1.807, 2.05) is 18.2 Å². The van der Waals surface area contributed by atoms with Crippen LogP contribution in [0.5, 0.6) is 0 Å². The Hall–Kier alpha value is -1.68. The molecule has 1 aromatic rings. The van der Waals surface area contributed by atoms with Crippen molar-refractivity contribution >= 4 is 11.8 Å². The van der Waals surface area contributed by atoms with E-state index in [0.29, 0.717) is 11.5 Å². The average molecular weight is 315 g/mol. The molecule has 2 N–H and O–H groups in total. The highest BCUT2D eigenvalue weighted by Crippen LogP contribution is 2.49. The van der Waals surface area contributed by atoms with E-state index in [1.165, 1.54) is 25.7 Å². The molecular weight excluding hydrogens is 290 g/mol. The minimum atomic E-state index is -0.938. The summed E-state index contributed by atoms with van der Waals surface area (Å²) in [5.41, 5.74) is 0.575. The van der Waals surface area contributed by atoms with Gasteiger partial charge in [0.25, 0.3) is 0 Å². The summed E-state index contributed by atoms with van der Waals surface area (Å²) in [5.74, 6) is 1.11. The molecule has 2 aliphatic rings. The van der Waals surface area contributed by atoms with Gasteiger partial charge in [-0.1, -0.05) is 36.8 Å². The van der Waals surface area contributed by atoms with Gasteiger partial charge >= 0.3 is 5.97 Å². The summed E-state index contributed by atoms with van der Waals surface area (Å²) in [6, 6.07) is 8.51. The number of fused-ring (bicyclic) bond motifs is 2. The van der Waals surface area contributed by atoms with E-state index in [1.54, 1.807) is 12.1 Å². The van der Waals surface area contributed by atoms with Gasteiger partial charge in [-0.3, -0.25) is 9.59 Å². The fourth-order valence-corrected chi connectivity index (χ4v) is 4.55. The molecule has 2 bridgehead atoms. The quantitative estimate of drug-likeness (QED) is 0.759. The van der Waals surface area contributed by atoms with Crippen molar-refractivity contribution in [3.05, 3.63) is 35.9 Å². The van der Waals surface area contributed by atoms with Crippen molar-refractivity contribution < 1.29 is 14.7 Å².